The number of benzene rings is 1. The molecule has 0 unspecified atom stereocenters. The number of likely N-dealkylation sites (tertiary alicyclic amines) is 1. The molecular weight excluding hydrogens is 338 g/mol. The van der Waals surface area contributed by atoms with Gasteiger partial charge in [0.25, 0.3) is 0 Å². The molecule has 1 aromatic heterocycles. The van der Waals surface area contributed by atoms with Crippen molar-refractivity contribution in [2.45, 2.75) is 25.8 Å². The average molecular weight is 367 g/mol. The predicted octanol–water partition coefficient (Wildman–Crippen LogP) is 2.57. The summed E-state index contributed by atoms with van der Waals surface area (Å²) in [5, 5.41) is 3.07. The fourth-order valence-corrected chi connectivity index (χ4v) is 3.44. The number of aromatic nitrogens is 2. The summed E-state index contributed by atoms with van der Waals surface area (Å²) < 4.78 is 0. The number of amides is 2. The van der Waals surface area contributed by atoms with Gasteiger partial charge in [-0.1, -0.05) is 30.3 Å². The number of rotatable bonds is 7. The Labute approximate surface area is 161 Å². The Morgan fingerprint density at radius 2 is 2.00 bits per heavy atom. The van der Waals surface area contributed by atoms with E-state index in [-0.39, 0.29) is 6.03 Å². The van der Waals surface area contributed by atoms with Crippen LogP contribution in [0.15, 0.2) is 48.9 Å². The van der Waals surface area contributed by atoms with Crippen LogP contribution in [-0.4, -0.2) is 59.0 Å². The van der Waals surface area contributed by atoms with Gasteiger partial charge < -0.3 is 15.1 Å². The van der Waals surface area contributed by atoms with E-state index in [0.29, 0.717) is 12.5 Å². The number of carbonyl (C=O) groups is 1. The van der Waals surface area contributed by atoms with E-state index in [1.807, 2.05) is 0 Å². The third kappa shape index (κ3) is 6.32. The second kappa shape index (κ2) is 10.0. The first kappa shape index (κ1) is 19.3. The summed E-state index contributed by atoms with van der Waals surface area (Å²) in [6.07, 6.45) is 8.36. The Morgan fingerprint density at radius 1 is 1.22 bits per heavy atom. The summed E-state index contributed by atoms with van der Waals surface area (Å²) in [6, 6.07) is 10.6. The lowest BCUT2D eigenvalue weighted by atomic mass is 9.96. The summed E-state index contributed by atoms with van der Waals surface area (Å²) in [7, 11) is 1.79. The molecule has 1 aromatic carbocycles. The topological polar surface area (TPSA) is 61.4 Å². The molecule has 2 aromatic rings. The minimum Gasteiger partial charge on any atom is -0.338 e. The zero-order valence-corrected chi connectivity index (χ0v) is 16.1. The van der Waals surface area contributed by atoms with Crippen LogP contribution >= 0.6 is 0 Å². The molecular formula is C21H29N5O. The van der Waals surface area contributed by atoms with Crippen LogP contribution in [-0.2, 0) is 13.0 Å². The van der Waals surface area contributed by atoms with Crippen LogP contribution in [0.2, 0.25) is 0 Å². The third-order valence-corrected chi connectivity index (χ3v) is 5.17. The molecule has 2 heterocycles. The first-order chi connectivity index (χ1) is 13.2. The monoisotopic (exact) mass is 367 g/mol. The van der Waals surface area contributed by atoms with E-state index in [2.05, 4.69) is 50.5 Å². The van der Waals surface area contributed by atoms with Crippen LogP contribution in [0.3, 0.4) is 0 Å². The maximum absolute atomic E-state index is 12.3. The van der Waals surface area contributed by atoms with Crippen molar-refractivity contribution in [2.75, 3.05) is 33.2 Å². The third-order valence-electron chi connectivity index (χ3n) is 5.17. The van der Waals surface area contributed by atoms with Crippen molar-refractivity contribution >= 4 is 6.03 Å². The number of nitrogens with one attached hydrogen (secondary N) is 1. The van der Waals surface area contributed by atoms with Crippen molar-refractivity contribution in [2.24, 2.45) is 5.92 Å². The van der Waals surface area contributed by atoms with Crippen LogP contribution in [0.5, 0.6) is 0 Å². The highest BCUT2D eigenvalue weighted by molar-refractivity contribution is 5.73. The van der Waals surface area contributed by atoms with Crippen molar-refractivity contribution in [1.29, 1.82) is 0 Å². The molecule has 1 saturated heterocycles. The maximum atomic E-state index is 12.3. The summed E-state index contributed by atoms with van der Waals surface area (Å²) in [4.78, 5) is 24.7. The number of piperidine rings is 1. The van der Waals surface area contributed by atoms with Gasteiger partial charge >= 0.3 is 6.03 Å². The molecule has 0 saturated carbocycles. The molecule has 0 radical (unpaired) electrons. The van der Waals surface area contributed by atoms with E-state index in [1.54, 1.807) is 30.5 Å². The Hall–Kier alpha value is -2.47. The summed E-state index contributed by atoms with van der Waals surface area (Å²) >= 11 is 0. The highest BCUT2D eigenvalue weighted by Crippen LogP contribution is 2.17. The lowest BCUT2D eigenvalue weighted by Crippen LogP contribution is -2.42. The highest BCUT2D eigenvalue weighted by atomic mass is 16.2. The van der Waals surface area contributed by atoms with Gasteiger partial charge in [-0.05, 0) is 43.8 Å². The average Bonchev–Trinajstić information content (AvgIpc) is 2.72. The first-order valence-electron chi connectivity index (χ1n) is 9.71. The highest BCUT2D eigenvalue weighted by Gasteiger charge is 2.20. The van der Waals surface area contributed by atoms with Gasteiger partial charge in [-0.15, -0.1) is 0 Å². The van der Waals surface area contributed by atoms with Crippen molar-refractivity contribution in [3.05, 3.63) is 60.2 Å². The minimum atomic E-state index is -0.0489. The second-order valence-electron chi connectivity index (χ2n) is 7.26. The smallest absolute Gasteiger partial charge is 0.317 e. The Morgan fingerprint density at radius 3 is 2.70 bits per heavy atom. The first-order valence-corrected chi connectivity index (χ1v) is 9.71. The molecule has 0 aliphatic carbocycles. The van der Waals surface area contributed by atoms with E-state index in [9.17, 15) is 4.79 Å². The van der Waals surface area contributed by atoms with Crippen LogP contribution in [0.4, 0.5) is 4.79 Å². The van der Waals surface area contributed by atoms with Gasteiger partial charge in [-0.3, -0.25) is 9.97 Å². The molecule has 6 heteroatoms. The van der Waals surface area contributed by atoms with Gasteiger partial charge in [0, 0.05) is 32.5 Å². The lowest BCUT2D eigenvalue weighted by molar-refractivity contribution is 0.176. The summed E-state index contributed by atoms with van der Waals surface area (Å²) in [5.74, 6) is 0.562. The molecule has 1 fully saturated rings. The van der Waals surface area contributed by atoms with Crippen molar-refractivity contribution in [3.8, 4) is 0 Å². The second-order valence-corrected chi connectivity index (χ2v) is 7.26. The predicted molar refractivity (Wildman–Crippen MR) is 106 cm³/mol. The number of hydrogen-bond donors (Lipinski definition) is 1. The molecule has 2 amide bonds. The van der Waals surface area contributed by atoms with Gasteiger partial charge in [-0.25, -0.2) is 4.79 Å². The van der Waals surface area contributed by atoms with Crippen molar-refractivity contribution < 1.29 is 4.79 Å². The molecule has 1 N–H and O–H groups in total. The zero-order chi connectivity index (χ0) is 18.9. The normalized spacial score (nSPS) is 15.4. The van der Waals surface area contributed by atoms with Gasteiger partial charge in [0.15, 0.2) is 0 Å². The fourth-order valence-electron chi connectivity index (χ4n) is 3.44. The largest absolute Gasteiger partial charge is 0.338 e. The standard InChI is InChI=1S/C21H29N5O/c1-25(17-20-16-22-10-11-23-20)21(27)24-15-19-8-13-26(14-9-19)12-7-18-5-3-2-4-6-18/h2-6,10-11,16,19H,7-9,12-15,17H2,1H3,(H,24,27). The maximum Gasteiger partial charge on any atom is 0.317 e. The molecule has 1 aliphatic rings. The molecule has 0 bridgehead atoms. The van der Waals surface area contributed by atoms with Crippen LogP contribution in [0.25, 0.3) is 0 Å². The molecule has 0 spiro atoms. The number of urea groups is 1. The summed E-state index contributed by atoms with van der Waals surface area (Å²) in [6.45, 7) is 4.56. The molecule has 3 rings (SSSR count). The lowest BCUT2D eigenvalue weighted by Gasteiger charge is -2.32. The molecule has 1 aliphatic heterocycles. The van der Waals surface area contributed by atoms with Crippen LogP contribution in [0.1, 0.15) is 24.1 Å². The van der Waals surface area contributed by atoms with Gasteiger partial charge in [0.05, 0.1) is 18.4 Å². The van der Waals surface area contributed by atoms with E-state index >= 15 is 0 Å². The quantitative estimate of drug-likeness (QED) is 0.817. The Balaban J connectivity index is 1.32. The molecule has 144 valence electrons. The fraction of sp³-hybridized carbons (Fsp3) is 0.476. The van der Waals surface area contributed by atoms with Gasteiger partial charge in [0.1, 0.15) is 0 Å². The van der Waals surface area contributed by atoms with E-state index in [1.165, 1.54) is 5.56 Å². The van der Waals surface area contributed by atoms with E-state index in [4.69, 9.17) is 0 Å². The van der Waals surface area contributed by atoms with Crippen molar-refractivity contribution in [1.82, 2.24) is 25.1 Å². The van der Waals surface area contributed by atoms with E-state index < -0.39 is 0 Å². The Kier molecular flexibility index (Phi) is 7.16. The van der Waals surface area contributed by atoms with Gasteiger partial charge in [0.2, 0.25) is 0 Å². The number of carbonyl (C=O) groups excluding carboxylic acids is 1. The molecule has 0 atom stereocenters. The van der Waals surface area contributed by atoms with Gasteiger partial charge in [-0.2, -0.15) is 0 Å². The molecule has 27 heavy (non-hydrogen) atoms. The molecule has 6 nitrogen and oxygen atoms in total. The zero-order valence-electron chi connectivity index (χ0n) is 16.1. The SMILES string of the molecule is CN(Cc1cnccn1)C(=O)NCC1CCN(CCc2ccccc2)CC1. The number of nitrogens with zero attached hydrogens (tertiary/aromatic N) is 4. The van der Waals surface area contributed by atoms with Crippen LogP contribution < -0.4 is 5.32 Å². The Bertz CT molecular complexity index is 686. The number of hydrogen-bond acceptors (Lipinski definition) is 4. The van der Waals surface area contributed by atoms with Crippen molar-refractivity contribution in [3.63, 3.8) is 0 Å². The summed E-state index contributed by atoms with van der Waals surface area (Å²) in [5.41, 5.74) is 2.19. The van der Waals surface area contributed by atoms with Crippen LogP contribution in [0, 0.1) is 5.92 Å². The minimum absolute atomic E-state index is 0.0489. The van der Waals surface area contributed by atoms with E-state index in [0.717, 1.165) is 51.1 Å².